The standard InChI is InChI=1S/C17H23N7O4S/c1-12-2-6-14(7-3-12)21-29(27,28)10-16(25)19-20-17(26)13-4-8-15(9-5-13)24-11-18-22-23-24/h4-5,8-9,11-12,14,21H,2-3,6-7,10H2,1H3,(H,19,25)(H,20,26). The SMILES string of the molecule is CC1CCC(NS(=O)(=O)CC(=O)NNC(=O)c2ccc(-n3cnnn3)cc2)CC1. The highest BCUT2D eigenvalue weighted by Gasteiger charge is 2.24. The molecule has 11 nitrogen and oxygen atoms in total. The number of amides is 2. The van der Waals surface area contributed by atoms with Crippen LogP contribution >= 0.6 is 0 Å². The van der Waals surface area contributed by atoms with E-state index in [0.29, 0.717) is 11.6 Å². The van der Waals surface area contributed by atoms with Gasteiger partial charge in [-0.15, -0.1) is 5.10 Å². The lowest BCUT2D eigenvalue weighted by Gasteiger charge is -2.26. The van der Waals surface area contributed by atoms with Gasteiger partial charge < -0.3 is 0 Å². The summed E-state index contributed by atoms with van der Waals surface area (Å²) < 4.78 is 28.3. The van der Waals surface area contributed by atoms with Gasteiger partial charge in [0.2, 0.25) is 10.0 Å². The molecule has 2 aromatic rings. The number of sulfonamides is 1. The van der Waals surface area contributed by atoms with Crippen LogP contribution < -0.4 is 15.6 Å². The Bertz CT molecular complexity index is 937. The van der Waals surface area contributed by atoms with Gasteiger partial charge in [-0.05, 0) is 66.3 Å². The fraction of sp³-hybridized carbons (Fsp3) is 0.471. The first kappa shape index (κ1) is 20.9. The molecular weight excluding hydrogens is 398 g/mol. The van der Waals surface area contributed by atoms with Gasteiger partial charge in [0.05, 0.1) is 5.69 Å². The molecule has 0 bridgehead atoms. The average molecular weight is 421 g/mol. The molecule has 1 heterocycles. The summed E-state index contributed by atoms with van der Waals surface area (Å²) in [6, 6.07) is 6.18. The summed E-state index contributed by atoms with van der Waals surface area (Å²) in [5.41, 5.74) is 5.27. The molecule has 2 amide bonds. The first-order chi connectivity index (χ1) is 13.8. The van der Waals surface area contributed by atoms with E-state index in [9.17, 15) is 18.0 Å². The van der Waals surface area contributed by atoms with Crippen LogP contribution in [0.3, 0.4) is 0 Å². The van der Waals surface area contributed by atoms with Crippen LogP contribution in [0, 0.1) is 5.92 Å². The van der Waals surface area contributed by atoms with E-state index < -0.39 is 27.6 Å². The minimum atomic E-state index is -3.78. The topological polar surface area (TPSA) is 148 Å². The molecule has 1 aromatic carbocycles. The lowest BCUT2D eigenvalue weighted by molar-refractivity contribution is -0.119. The molecule has 3 rings (SSSR count). The zero-order valence-electron chi connectivity index (χ0n) is 15.9. The quantitative estimate of drug-likeness (QED) is 0.553. The van der Waals surface area contributed by atoms with E-state index in [-0.39, 0.29) is 11.6 Å². The number of hydrazine groups is 1. The zero-order valence-corrected chi connectivity index (χ0v) is 16.7. The summed E-state index contributed by atoms with van der Waals surface area (Å²) in [4.78, 5) is 24.0. The van der Waals surface area contributed by atoms with E-state index in [0.717, 1.165) is 25.7 Å². The molecule has 1 saturated carbocycles. The summed E-state index contributed by atoms with van der Waals surface area (Å²) in [5, 5.41) is 10.8. The second kappa shape index (κ2) is 9.09. The third-order valence-electron chi connectivity index (χ3n) is 4.74. The molecule has 1 aromatic heterocycles. The Morgan fingerprint density at radius 1 is 1.10 bits per heavy atom. The normalized spacial score (nSPS) is 19.5. The van der Waals surface area contributed by atoms with Crippen molar-refractivity contribution in [1.82, 2.24) is 35.8 Å². The van der Waals surface area contributed by atoms with E-state index in [4.69, 9.17) is 0 Å². The molecule has 0 atom stereocenters. The number of carbonyl (C=O) groups is 2. The smallest absolute Gasteiger partial charge is 0.269 e. The predicted octanol–water partition coefficient (Wildman–Crippen LogP) is -0.0786. The van der Waals surface area contributed by atoms with Gasteiger partial charge in [-0.3, -0.25) is 20.4 Å². The van der Waals surface area contributed by atoms with Gasteiger partial charge in [0.1, 0.15) is 12.1 Å². The van der Waals surface area contributed by atoms with Gasteiger partial charge in [0.15, 0.2) is 0 Å². The largest absolute Gasteiger partial charge is 0.272 e. The number of hydrogen-bond donors (Lipinski definition) is 3. The van der Waals surface area contributed by atoms with E-state index in [1.165, 1.54) is 23.1 Å². The molecule has 1 aliphatic carbocycles. The van der Waals surface area contributed by atoms with Crippen molar-refractivity contribution in [2.75, 3.05) is 5.75 Å². The van der Waals surface area contributed by atoms with Gasteiger partial charge >= 0.3 is 0 Å². The summed E-state index contributed by atoms with van der Waals surface area (Å²) in [6.45, 7) is 2.14. The minimum Gasteiger partial charge on any atom is -0.272 e. The first-order valence-electron chi connectivity index (χ1n) is 9.25. The highest BCUT2D eigenvalue weighted by molar-refractivity contribution is 7.90. The van der Waals surface area contributed by atoms with E-state index in [2.05, 4.69) is 38.0 Å². The van der Waals surface area contributed by atoms with Gasteiger partial charge in [-0.2, -0.15) is 0 Å². The molecule has 0 saturated heterocycles. The van der Waals surface area contributed by atoms with Crippen LogP contribution in [-0.4, -0.2) is 52.2 Å². The van der Waals surface area contributed by atoms with Gasteiger partial charge in [-0.1, -0.05) is 6.92 Å². The molecular formula is C17H23N7O4S. The maximum Gasteiger partial charge on any atom is 0.269 e. The third kappa shape index (κ3) is 6.06. The maximum absolute atomic E-state index is 12.2. The van der Waals surface area contributed by atoms with Crippen molar-refractivity contribution in [3.05, 3.63) is 36.2 Å². The Balaban J connectivity index is 1.46. The van der Waals surface area contributed by atoms with Crippen molar-refractivity contribution in [3.63, 3.8) is 0 Å². The molecule has 3 N–H and O–H groups in total. The van der Waals surface area contributed by atoms with Crippen LogP contribution in [0.2, 0.25) is 0 Å². The number of carbonyl (C=O) groups excluding carboxylic acids is 2. The van der Waals surface area contributed by atoms with Gasteiger partial charge in [-0.25, -0.2) is 17.8 Å². The molecule has 12 heteroatoms. The Hall–Kier alpha value is -2.86. The molecule has 0 spiro atoms. The van der Waals surface area contributed by atoms with Gasteiger partial charge in [0, 0.05) is 11.6 Å². The highest BCUT2D eigenvalue weighted by Crippen LogP contribution is 2.23. The highest BCUT2D eigenvalue weighted by atomic mass is 32.2. The fourth-order valence-electron chi connectivity index (χ4n) is 3.13. The number of tetrazole rings is 1. The molecule has 0 aliphatic heterocycles. The monoisotopic (exact) mass is 421 g/mol. The molecule has 1 aliphatic rings. The molecule has 156 valence electrons. The van der Waals surface area contributed by atoms with Crippen molar-refractivity contribution in [2.45, 2.75) is 38.6 Å². The van der Waals surface area contributed by atoms with Crippen LogP contribution in [0.25, 0.3) is 5.69 Å². The van der Waals surface area contributed by atoms with Crippen molar-refractivity contribution in [3.8, 4) is 5.69 Å². The second-order valence-electron chi connectivity index (χ2n) is 7.14. The number of aromatic nitrogens is 4. The maximum atomic E-state index is 12.2. The zero-order chi connectivity index (χ0) is 20.9. The van der Waals surface area contributed by atoms with Crippen molar-refractivity contribution < 1.29 is 18.0 Å². The third-order valence-corrected chi connectivity index (χ3v) is 6.08. The molecule has 0 radical (unpaired) electrons. The molecule has 29 heavy (non-hydrogen) atoms. The van der Waals surface area contributed by atoms with Crippen molar-refractivity contribution in [2.24, 2.45) is 5.92 Å². The number of nitrogens with one attached hydrogen (secondary N) is 3. The Labute approximate surface area is 168 Å². The Kier molecular flexibility index (Phi) is 6.54. The van der Waals surface area contributed by atoms with Crippen molar-refractivity contribution in [1.29, 1.82) is 0 Å². The second-order valence-corrected chi connectivity index (χ2v) is 8.89. The van der Waals surface area contributed by atoms with Crippen LogP contribution in [0.5, 0.6) is 0 Å². The molecule has 1 fully saturated rings. The summed E-state index contributed by atoms with van der Waals surface area (Å²) in [7, 11) is -3.78. The fourth-order valence-corrected chi connectivity index (χ4v) is 4.37. The summed E-state index contributed by atoms with van der Waals surface area (Å²) >= 11 is 0. The van der Waals surface area contributed by atoms with Crippen molar-refractivity contribution >= 4 is 21.8 Å². The van der Waals surface area contributed by atoms with Crippen LogP contribution in [0.15, 0.2) is 30.6 Å². The number of nitrogens with zero attached hydrogens (tertiary/aromatic N) is 4. The van der Waals surface area contributed by atoms with Crippen LogP contribution in [-0.2, 0) is 14.8 Å². The Morgan fingerprint density at radius 3 is 2.41 bits per heavy atom. The lowest BCUT2D eigenvalue weighted by atomic mass is 9.88. The molecule has 0 unspecified atom stereocenters. The number of rotatable bonds is 6. The van der Waals surface area contributed by atoms with Crippen LogP contribution in [0.1, 0.15) is 43.0 Å². The Morgan fingerprint density at radius 2 is 1.79 bits per heavy atom. The average Bonchev–Trinajstić information content (AvgIpc) is 3.22. The van der Waals surface area contributed by atoms with E-state index in [1.54, 1.807) is 12.1 Å². The first-order valence-corrected chi connectivity index (χ1v) is 10.9. The lowest BCUT2D eigenvalue weighted by Crippen LogP contribution is -2.47. The number of benzene rings is 1. The minimum absolute atomic E-state index is 0.141. The summed E-state index contributed by atoms with van der Waals surface area (Å²) in [5.74, 6) is -1.55. The number of hydrogen-bond acceptors (Lipinski definition) is 7. The van der Waals surface area contributed by atoms with Gasteiger partial charge in [0.25, 0.3) is 11.8 Å². The van der Waals surface area contributed by atoms with E-state index >= 15 is 0 Å². The van der Waals surface area contributed by atoms with E-state index in [1.807, 2.05) is 0 Å². The predicted molar refractivity (Wildman–Crippen MR) is 103 cm³/mol. The summed E-state index contributed by atoms with van der Waals surface area (Å²) in [6.07, 6.45) is 4.86. The van der Waals surface area contributed by atoms with Crippen LogP contribution in [0.4, 0.5) is 0 Å².